The van der Waals surface area contributed by atoms with Crippen molar-refractivity contribution in [1.29, 1.82) is 0 Å². The van der Waals surface area contributed by atoms with Crippen molar-refractivity contribution >= 4 is 17.5 Å². The SMILES string of the molecule is Cc1ccc(N2CCC[C@H](NC(=O)CCc3ccncc3)C2=O)cc1. The molecule has 3 rings (SSSR count). The normalized spacial score (nSPS) is 17.4. The molecule has 1 aromatic heterocycles. The van der Waals surface area contributed by atoms with Gasteiger partial charge in [0, 0.05) is 31.0 Å². The van der Waals surface area contributed by atoms with Gasteiger partial charge in [0.2, 0.25) is 11.8 Å². The number of amides is 2. The molecule has 5 nitrogen and oxygen atoms in total. The summed E-state index contributed by atoms with van der Waals surface area (Å²) in [6, 6.07) is 11.3. The lowest BCUT2D eigenvalue weighted by atomic mass is 10.0. The molecule has 1 aromatic carbocycles. The van der Waals surface area contributed by atoms with Gasteiger partial charge >= 0.3 is 0 Å². The number of nitrogens with zero attached hydrogens (tertiary/aromatic N) is 2. The Morgan fingerprint density at radius 2 is 1.92 bits per heavy atom. The number of carbonyl (C=O) groups excluding carboxylic acids is 2. The van der Waals surface area contributed by atoms with Crippen molar-refractivity contribution in [3.8, 4) is 0 Å². The first kappa shape index (κ1) is 17.1. The number of hydrogen-bond donors (Lipinski definition) is 1. The molecule has 1 aliphatic rings. The fraction of sp³-hybridized carbons (Fsp3) is 0.350. The smallest absolute Gasteiger partial charge is 0.249 e. The second-order valence-corrected chi connectivity index (χ2v) is 6.44. The number of benzene rings is 1. The predicted octanol–water partition coefficient (Wildman–Crippen LogP) is 2.63. The quantitative estimate of drug-likeness (QED) is 0.912. The van der Waals surface area contributed by atoms with E-state index in [0.29, 0.717) is 25.8 Å². The van der Waals surface area contributed by atoms with Gasteiger partial charge in [-0.1, -0.05) is 17.7 Å². The van der Waals surface area contributed by atoms with E-state index >= 15 is 0 Å². The average molecular weight is 337 g/mol. The lowest BCUT2D eigenvalue weighted by molar-refractivity contribution is -0.128. The number of hydrogen-bond acceptors (Lipinski definition) is 3. The molecule has 1 saturated heterocycles. The van der Waals surface area contributed by atoms with Crippen molar-refractivity contribution in [3.05, 3.63) is 59.9 Å². The molecule has 2 heterocycles. The number of pyridine rings is 1. The lowest BCUT2D eigenvalue weighted by Crippen LogP contribution is -2.52. The number of rotatable bonds is 5. The highest BCUT2D eigenvalue weighted by Crippen LogP contribution is 2.21. The van der Waals surface area contributed by atoms with Gasteiger partial charge in [-0.15, -0.1) is 0 Å². The number of piperidine rings is 1. The van der Waals surface area contributed by atoms with Crippen LogP contribution in [0, 0.1) is 6.92 Å². The third-order valence-electron chi connectivity index (χ3n) is 4.51. The largest absolute Gasteiger partial charge is 0.344 e. The molecule has 1 fully saturated rings. The van der Waals surface area contributed by atoms with E-state index < -0.39 is 6.04 Å². The number of carbonyl (C=O) groups is 2. The monoisotopic (exact) mass is 337 g/mol. The van der Waals surface area contributed by atoms with Gasteiger partial charge in [-0.25, -0.2) is 0 Å². The first-order valence-corrected chi connectivity index (χ1v) is 8.70. The summed E-state index contributed by atoms with van der Waals surface area (Å²) in [5.41, 5.74) is 3.13. The third kappa shape index (κ3) is 4.44. The van der Waals surface area contributed by atoms with Gasteiger partial charge in [-0.2, -0.15) is 0 Å². The second kappa shape index (κ2) is 7.92. The molecule has 1 atom stereocenters. The summed E-state index contributed by atoms with van der Waals surface area (Å²) in [6.07, 6.45) is 6.04. The van der Waals surface area contributed by atoms with E-state index in [1.165, 1.54) is 0 Å². The van der Waals surface area contributed by atoms with Crippen molar-refractivity contribution in [2.24, 2.45) is 0 Å². The maximum atomic E-state index is 12.7. The van der Waals surface area contributed by atoms with E-state index in [0.717, 1.165) is 23.2 Å². The molecule has 0 unspecified atom stereocenters. The summed E-state index contributed by atoms with van der Waals surface area (Å²) >= 11 is 0. The van der Waals surface area contributed by atoms with E-state index in [2.05, 4.69) is 10.3 Å². The fourth-order valence-corrected chi connectivity index (χ4v) is 3.06. The van der Waals surface area contributed by atoms with Crippen LogP contribution in [0.4, 0.5) is 5.69 Å². The summed E-state index contributed by atoms with van der Waals surface area (Å²) in [7, 11) is 0. The van der Waals surface area contributed by atoms with Gasteiger partial charge in [0.15, 0.2) is 0 Å². The Bertz CT molecular complexity index is 728. The van der Waals surface area contributed by atoms with Crippen LogP contribution in [0.3, 0.4) is 0 Å². The van der Waals surface area contributed by atoms with Crippen molar-refractivity contribution in [1.82, 2.24) is 10.3 Å². The molecule has 0 saturated carbocycles. The standard InChI is InChI=1S/C20H23N3O2/c1-15-4-7-17(8-5-15)23-14-2-3-18(20(23)25)22-19(24)9-6-16-10-12-21-13-11-16/h4-5,7-8,10-13,18H,2-3,6,9,14H2,1H3,(H,22,24)/t18-/m0/s1. The Balaban J connectivity index is 1.57. The molecule has 2 amide bonds. The number of anilines is 1. The van der Waals surface area contributed by atoms with Gasteiger partial charge in [-0.3, -0.25) is 14.6 Å². The fourth-order valence-electron chi connectivity index (χ4n) is 3.06. The minimum atomic E-state index is -0.431. The predicted molar refractivity (Wildman–Crippen MR) is 97.3 cm³/mol. The summed E-state index contributed by atoms with van der Waals surface area (Å²) < 4.78 is 0. The van der Waals surface area contributed by atoms with Crippen LogP contribution in [-0.4, -0.2) is 29.4 Å². The van der Waals surface area contributed by atoms with Crippen molar-refractivity contribution in [3.63, 3.8) is 0 Å². The Hall–Kier alpha value is -2.69. The third-order valence-corrected chi connectivity index (χ3v) is 4.51. The van der Waals surface area contributed by atoms with Gasteiger partial charge in [0.1, 0.15) is 6.04 Å². The summed E-state index contributed by atoms with van der Waals surface area (Å²) in [5.74, 6) is -0.103. The molecular weight excluding hydrogens is 314 g/mol. The van der Waals surface area contributed by atoms with Gasteiger partial charge in [0.25, 0.3) is 0 Å². The summed E-state index contributed by atoms with van der Waals surface area (Å²) in [6.45, 7) is 2.72. The van der Waals surface area contributed by atoms with Crippen LogP contribution in [0.5, 0.6) is 0 Å². The van der Waals surface area contributed by atoms with E-state index in [1.54, 1.807) is 17.3 Å². The zero-order valence-corrected chi connectivity index (χ0v) is 14.4. The van der Waals surface area contributed by atoms with E-state index in [4.69, 9.17) is 0 Å². The lowest BCUT2D eigenvalue weighted by Gasteiger charge is -2.32. The van der Waals surface area contributed by atoms with Crippen molar-refractivity contribution in [2.75, 3.05) is 11.4 Å². The molecule has 0 aliphatic carbocycles. The van der Waals surface area contributed by atoms with E-state index in [-0.39, 0.29) is 11.8 Å². The van der Waals surface area contributed by atoms with Crippen LogP contribution >= 0.6 is 0 Å². The first-order chi connectivity index (χ1) is 12.1. The highest BCUT2D eigenvalue weighted by Gasteiger charge is 2.30. The van der Waals surface area contributed by atoms with E-state index in [9.17, 15) is 9.59 Å². The zero-order valence-electron chi connectivity index (χ0n) is 14.4. The van der Waals surface area contributed by atoms with Crippen LogP contribution in [0.25, 0.3) is 0 Å². The Morgan fingerprint density at radius 1 is 1.20 bits per heavy atom. The topological polar surface area (TPSA) is 62.3 Å². The first-order valence-electron chi connectivity index (χ1n) is 8.70. The van der Waals surface area contributed by atoms with Gasteiger partial charge < -0.3 is 10.2 Å². The highest BCUT2D eigenvalue weighted by atomic mass is 16.2. The minimum Gasteiger partial charge on any atom is -0.344 e. The van der Waals surface area contributed by atoms with Crippen LogP contribution < -0.4 is 10.2 Å². The average Bonchev–Trinajstić information content (AvgIpc) is 2.63. The molecule has 2 aromatic rings. The molecule has 0 spiro atoms. The molecule has 1 aliphatic heterocycles. The minimum absolute atomic E-state index is 0.0210. The molecular formula is C20H23N3O2. The van der Waals surface area contributed by atoms with Crippen LogP contribution in [0.1, 0.15) is 30.4 Å². The molecule has 130 valence electrons. The van der Waals surface area contributed by atoms with Crippen LogP contribution in [0.15, 0.2) is 48.8 Å². The molecule has 5 heteroatoms. The second-order valence-electron chi connectivity index (χ2n) is 6.44. The van der Waals surface area contributed by atoms with Gasteiger partial charge in [-0.05, 0) is 56.0 Å². The molecule has 1 N–H and O–H groups in total. The molecule has 25 heavy (non-hydrogen) atoms. The van der Waals surface area contributed by atoms with E-state index in [1.807, 2.05) is 43.3 Å². The van der Waals surface area contributed by atoms with Crippen LogP contribution in [-0.2, 0) is 16.0 Å². The number of aryl methyl sites for hydroxylation is 2. The van der Waals surface area contributed by atoms with Crippen molar-refractivity contribution in [2.45, 2.75) is 38.6 Å². The Morgan fingerprint density at radius 3 is 2.64 bits per heavy atom. The Kier molecular flexibility index (Phi) is 5.43. The zero-order chi connectivity index (χ0) is 17.6. The summed E-state index contributed by atoms with van der Waals surface area (Å²) in [4.78, 5) is 30.7. The molecule has 0 bridgehead atoms. The molecule has 0 radical (unpaired) electrons. The Labute approximate surface area is 148 Å². The van der Waals surface area contributed by atoms with Crippen LogP contribution in [0.2, 0.25) is 0 Å². The number of nitrogens with one attached hydrogen (secondary N) is 1. The van der Waals surface area contributed by atoms with Gasteiger partial charge in [0.05, 0.1) is 0 Å². The summed E-state index contributed by atoms with van der Waals surface area (Å²) in [5, 5.41) is 2.90. The van der Waals surface area contributed by atoms with Crippen molar-refractivity contribution < 1.29 is 9.59 Å². The maximum absolute atomic E-state index is 12.7. The highest BCUT2D eigenvalue weighted by molar-refractivity contribution is 5.99. The maximum Gasteiger partial charge on any atom is 0.249 e. The number of aromatic nitrogens is 1.